The number of pyridine rings is 1. The summed E-state index contributed by atoms with van der Waals surface area (Å²) < 4.78 is 33.1. The molecule has 29 heavy (non-hydrogen) atoms. The van der Waals surface area contributed by atoms with Crippen LogP contribution in [0.5, 0.6) is 0 Å². The van der Waals surface area contributed by atoms with E-state index in [-0.39, 0.29) is 5.75 Å². The molecule has 0 spiro atoms. The average molecular weight is 428 g/mol. The molecule has 0 unspecified atom stereocenters. The number of aryl methyl sites for hydroxylation is 1. The smallest absolute Gasteiger partial charge is 0.264 e. The van der Waals surface area contributed by atoms with Crippen molar-refractivity contribution in [2.75, 3.05) is 17.2 Å². The summed E-state index contributed by atoms with van der Waals surface area (Å²) in [7, 11) is -1.87. The van der Waals surface area contributed by atoms with Crippen molar-refractivity contribution >= 4 is 44.5 Å². The Kier molecular flexibility index (Phi) is 5.63. The van der Waals surface area contributed by atoms with Gasteiger partial charge in [0.25, 0.3) is 10.1 Å². The van der Waals surface area contributed by atoms with Gasteiger partial charge in [0.15, 0.2) is 6.20 Å². The summed E-state index contributed by atoms with van der Waals surface area (Å²) in [6.45, 7) is 0.698. The van der Waals surface area contributed by atoms with Crippen LogP contribution in [0.4, 0.5) is 5.69 Å². The van der Waals surface area contributed by atoms with Crippen LogP contribution in [-0.4, -0.2) is 25.3 Å². The van der Waals surface area contributed by atoms with E-state index in [4.69, 9.17) is 4.55 Å². The maximum atomic E-state index is 11.0. The van der Waals surface area contributed by atoms with Crippen molar-refractivity contribution in [1.29, 1.82) is 0 Å². The lowest BCUT2D eigenvalue weighted by Crippen LogP contribution is -2.28. The van der Waals surface area contributed by atoms with Crippen LogP contribution in [0, 0.1) is 0 Å². The number of anilines is 1. The largest absolute Gasteiger partial charge is 0.335 e. The van der Waals surface area contributed by atoms with Crippen LogP contribution in [0.2, 0.25) is 0 Å². The second-order valence-electron chi connectivity index (χ2n) is 7.10. The number of benzene rings is 2. The van der Waals surface area contributed by atoms with Crippen molar-refractivity contribution in [2.24, 2.45) is 7.05 Å². The van der Waals surface area contributed by atoms with Crippen LogP contribution in [0.25, 0.3) is 17.0 Å². The summed E-state index contributed by atoms with van der Waals surface area (Å²) >= 11 is 1.73. The van der Waals surface area contributed by atoms with Gasteiger partial charge in [0.1, 0.15) is 7.05 Å². The van der Waals surface area contributed by atoms with Gasteiger partial charge in [-0.15, -0.1) is 0 Å². The van der Waals surface area contributed by atoms with Gasteiger partial charge in [0.2, 0.25) is 5.52 Å². The minimum absolute atomic E-state index is 0.200. The van der Waals surface area contributed by atoms with Crippen LogP contribution >= 0.6 is 11.8 Å². The number of nitrogens with zero attached hydrogens (tertiary/aromatic N) is 2. The summed E-state index contributed by atoms with van der Waals surface area (Å²) in [5, 5.41) is 2.31. The van der Waals surface area contributed by atoms with Crippen LogP contribution in [-0.2, 0) is 17.2 Å². The van der Waals surface area contributed by atoms with E-state index in [1.165, 1.54) is 15.8 Å². The molecular formula is C22H23N2O3S2+. The van der Waals surface area contributed by atoms with Crippen molar-refractivity contribution in [3.05, 3.63) is 71.4 Å². The van der Waals surface area contributed by atoms with E-state index in [9.17, 15) is 8.42 Å². The first-order valence-corrected chi connectivity index (χ1v) is 11.9. The first-order valence-electron chi connectivity index (χ1n) is 9.51. The SMILES string of the molecule is C[n+]1ccc(C=C2Sc3ccccc3N2CCCCS(=O)(=O)O)c2ccccc21. The summed E-state index contributed by atoms with van der Waals surface area (Å²) in [5.74, 6) is -0.200. The van der Waals surface area contributed by atoms with Gasteiger partial charge >= 0.3 is 0 Å². The molecule has 0 saturated heterocycles. The minimum Gasteiger partial charge on any atom is -0.335 e. The van der Waals surface area contributed by atoms with Crippen molar-refractivity contribution in [2.45, 2.75) is 17.7 Å². The van der Waals surface area contributed by atoms with Crippen LogP contribution < -0.4 is 9.47 Å². The molecule has 4 rings (SSSR count). The first kappa shape index (κ1) is 19.9. The molecule has 0 bridgehead atoms. The van der Waals surface area contributed by atoms with E-state index in [0.29, 0.717) is 19.4 Å². The summed E-state index contributed by atoms with van der Waals surface area (Å²) in [4.78, 5) is 3.44. The number of thioether (sulfide) groups is 1. The van der Waals surface area contributed by atoms with Gasteiger partial charge < -0.3 is 4.90 Å². The van der Waals surface area contributed by atoms with Crippen molar-refractivity contribution < 1.29 is 17.5 Å². The molecule has 0 amide bonds. The fraction of sp³-hybridized carbons (Fsp3) is 0.227. The standard InChI is InChI=1S/C22H22N2O3S2/c1-23-14-12-17(18-8-2-3-9-19(18)23)16-22-24(13-6-7-15-29(25,26)27)20-10-4-5-11-21(20)28-22/h2-5,8-12,14,16H,6-7,13,15H2,1H3/p+1. The third kappa shape index (κ3) is 4.47. The number of hydrogen-bond acceptors (Lipinski definition) is 4. The lowest BCUT2D eigenvalue weighted by molar-refractivity contribution is -0.644. The molecule has 3 aromatic rings. The molecule has 0 saturated carbocycles. The zero-order valence-electron chi connectivity index (χ0n) is 16.2. The Bertz CT molecular complexity index is 1190. The van der Waals surface area contributed by atoms with Crippen molar-refractivity contribution in [3.63, 3.8) is 0 Å². The topological polar surface area (TPSA) is 61.5 Å². The number of aromatic nitrogens is 1. The van der Waals surface area contributed by atoms with Gasteiger partial charge in [-0.05, 0) is 42.7 Å². The van der Waals surface area contributed by atoms with E-state index in [0.717, 1.165) is 16.3 Å². The van der Waals surface area contributed by atoms with Crippen molar-refractivity contribution in [3.8, 4) is 0 Å². The van der Waals surface area contributed by atoms with Gasteiger partial charge in [-0.3, -0.25) is 4.55 Å². The van der Waals surface area contributed by atoms with Crippen LogP contribution in [0.15, 0.2) is 70.7 Å². The maximum Gasteiger partial charge on any atom is 0.264 e. The molecule has 0 radical (unpaired) electrons. The molecule has 5 nitrogen and oxygen atoms in total. The Labute approximate surface area is 175 Å². The quantitative estimate of drug-likeness (QED) is 0.362. The Morgan fingerprint density at radius 3 is 2.66 bits per heavy atom. The van der Waals surface area contributed by atoms with Gasteiger partial charge in [0, 0.05) is 23.6 Å². The van der Waals surface area contributed by atoms with E-state index in [1.54, 1.807) is 11.8 Å². The summed E-state index contributed by atoms with van der Waals surface area (Å²) in [5.41, 5.74) is 3.46. The predicted octanol–water partition coefficient (Wildman–Crippen LogP) is 4.24. The summed E-state index contributed by atoms with van der Waals surface area (Å²) in [6, 6.07) is 18.7. The third-order valence-electron chi connectivity index (χ3n) is 5.02. The molecule has 1 aromatic heterocycles. The van der Waals surface area contributed by atoms with Gasteiger partial charge in [-0.25, -0.2) is 4.57 Å². The number of unbranched alkanes of at least 4 members (excludes halogenated alkanes) is 1. The molecule has 0 aliphatic carbocycles. The van der Waals surface area contributed by atoms with E-state index < -0.39 is 10.1 Å². The number of para-hydroxylation sites is 2. The second kappa shape index (κ2) is 8.18. The highest BCUT2D eigenvalue weighted by Crippen LogP contribution is 2.46. The Balaban J connectivity index is 1.66. The lowest BCUT2D eigenvalue weighted by Gasteiger charge is -2.20. The highest BCUT2D eigenvalue weighted by atomic mass is 32.2. The number of hydrogen-bond donors (Lipinski definition) is 1. The second-order valence-corrected chi connectivity index (χ2v) is 9.73. The predicted molar refractivity (Wildman–Crippen MR) is 118 cm³/mol. The molecule has 2 aromatic carbocycles. The molecule has 150 valence electrons. The Morgan fingerprint density at radius 2 is 1.83 bits per heavy atom. The molecule has 1 aliphatic rings. The van der Waals surface area contributed by atoms with Gasteiger partial charge in [0.05, 0.1) is 21.9 Å². The zero-order valence-corrected chi connectivity index (χ0v) is 17.8. The van der Waals surface area contributed by atoms with E-state index >= 15 is 0 Å². The van der Waals surface area contributed by atoms with Gasteiger partial charge in [-0.1, -0.05) is 36.0 Å². The first-order chi connectivity index (χ1) is 13.9. The molecule has 0 fully saturated rings. The molecule has 1 aliphatic heterocycles. The number of rotatable bonds is 6. The third-order valence-corrected chi connectivity index (χ3v) is 6.94. The van der Waals surface area contributed by atoms with Crippen LogP contribution in [0.3, 0.4) is 0 Å². The van der Waals surface area contributed by atoms with Crippen molar-refractivity contribution in [1.82, 2.24) is 0 Å². The van der Waals surface area contributed by atoms with E-state index in [1.807, 2.05) is 31.3 Å². The fourth-order valence-electron chi connectivity index (χ4n) is 3.59. The number of fused-ring (bicyclic) bond motifs is 2. The minimum atomic E-state index is -3.91. The average Bonchev–Trinajstić information content (AvgIpc) is 3.04. The molecule has 2 heterocycles. The monoisotopic (exact) mass is 427 g/mol. The zero-order chi connectivity index (χ0) is 20.4. The lowest BCUT2D eigenvalue weighted by atomic mass is 10.1. The Hall–Kier alpha value is -2.35. The van der Waals surface area contributed by atoms with Gasteiger partial charge in [-0.2, -0.15) is 8.42 Å². The van der Waals surface area contributed by atoms with E-state index in [2.05, 4.69) is 52.1 Å². The fourth-order valence-corrected chi connectivity index (χ4v) is 5.30. The van der Waals surface area contributed by atoms with Crippen LogP contribution in [0.1, 0.15) is 18.4 Å². The highest BCUT2D eigenvalue weighted by molar-refractivity contribution is 8.03. The molecule has 0 atom stereocenters. The Morgan fingerprint density at radius 1 is 1.07 bits per heavy atom. The highest BCUT2D eigenvalue weighted by Gasteiger charge is 2.25. The molecule has 7 heteroatoms. The molecule has 1 N–H and O–H groups in total. The summed E-state index contributed by atoms with van der Waals surface area (Å²) in [6.07, 6.45) is 5.38. The maximum absolute atomic E-state index is 11.0. The molecular weight excluding hydrogens is 404 g/mol. The normalized spacial score (nSPS) is 15.2.